The van der Waals surface area contributed by atoms with Crippen molar-refractivity contribution in [3.05, 3.63) is 82.6 Å². The summed E-state index contributed by atoms with van der Waals surface area (Å²) in [4.78, 5) is 14.7. The number of carbonyl (C=O) groups excluding carboxylic acids is 1. The molecule has 0 aliphatic rings. The first-order valence-electron chi connectivity index (χ1n) is 8.36. The predicted octanol–water partition coefficient (Wildman–Crippen LogP) is 3.47. The molecule has 6 heteroatoms. The molecule has 1 amide bonds. The largest absolute Gasteiger partial charge is 0.395 e. The Bertz CT molecular complexity index is 879. The molecule has 1 heterocycles. The van der Waals surface area contributed by atoms with Crippen molar-refractivity contribution in [3.8, 4) is 5.69 Å². The van der Waals surface area contributed by atoms with Crippen LogP contribution in [0.1, 0.15) is 21.6 Å². The second-order valence-corrected chi connectivity index (χ2v) is 6.29. The van der Waals surface area contributed by atoms with E-state index in [1.54, 1.807) is 16.5 Å². The smallest absolute Gasteiger partial charge is 0.259 e. The zero-order valence-corrected chi connectivity index (χ0v) is 15.2. The fourth-order valence-electron chi connectivity index (χ4n) is 2.82. The van der Waals surface area contributed by atoms with Crippen LogP contribution in [0.5, 0.6) is 0 Å². The highest BCUT2D eigenvalue weighted by atomic mass is 35.5. The standard InChI is InChI=1S/C20H20ClN3O2/c1-15-18(19(21)24(22-15)17-10-6-3-7-11-17)20(26)23(12-13-25)14-16-8-4-2-5-9-16/h2-11,25H,12-14H2,1H3. The van der Waals surface area contributed by atoms with Crippen LogP contribution in [0.2, 0.25) is 5.15 Å². The number of carbonyl (C=O) groups is 1. The van der Waals surface area contributed by atoms with Gasteiger partial charge >= 0.3 is 0 Å². The first-order chi connectivity index (χ1) is 12.6. The van der Waals surface area contributed by atoms with Crippen molar-refractivity contribution >= 4 is 17.5 Å². The van der Waals surface area contributed by atoms with Crippen molar-refractivity contribution in [3.63, 3.8) is 0 Å². The molecule has 0 aliphatic carbocycles. The molecule has 0 radical (unpaired) electrons. The highest BCUT2D eigenvalue weighted by Crippen LogP contribution is 2.25. The number of aliphatic hydroxyl groups excluding tert-OH is 1. The minimum Gasteiger partial charge on any atom is -0.395 e. The number of amides is 1. The molecule has 0 saturated carbocycles. The van der Waals surface area contributed by atoms with Gasteiger partial charge in [-0.05, 0) is 24.6 Å². The number of hydrogen-bond acceptors (Lipinski definition) is 3. The molecule has 26 heavy (non-hydrogen) atoms. The van der Waals surface area contributed by atoms with Gasteiger partial charge in [0.05, 0.1) is 23.6 Å². The number of para-hydroxylation sites is 1. The van der Waals surface area contributed by atoms with Gasteiger partial charge in [-0.3, -0.25) is 4.79 Å². The zero-order valence-electron chi connectivity index (χ0n) is 14.5. The van der Waals surface area contributed by atoms with Gasteiger partial charge in [0.25, 0.3) is 5.91 Å². The van der Waals surface area contributed by atoms with E-state index in [-0.39, 0.29) is 24.2 Å². The van der Waals surface area contributed by atoms with Crippen molar-refractivity contribution in [2.75, 3.05) is 13.2 Å². The number of hydrogen-bond donors (Lipinski definition) is 1. The third kappa shape index (κ3) is 3.79. The molecule has 1 aromatic heterocycles. The van der Waals surface area contributed by atoms with Gasteiger partial charge in [0.2, 0.25) is 0 Å². The van der Waals surface area contributed by atoms with Gasteiger partial charge in [-0.2, -0.15) is 5.10 Å². The number of benzene rings is 2. The molecule has 0 saturated heterocycles. The quantitative estimate of drug-likeness (QED) is 0.723. The predicted molar refractivity (Wildman–Crippen MR) is 102 cm³/mol. The van der Waals surface area contributed by atoms with E-state index in [4.69, 9.17) is 11.6 Å². The Morgan fingerprint density at radius 3 is 2.35 bits per heavy atom. The summed E-state index contributed by atoms with van der Waals surface area (Å²) in [5.41, 5.74) is 2.69. The summed E-state index contributed by atoms with van der Waals surface area (Å²) < 4.78 is 1.56. The molecule has 0 spiro atoms. The maximum atomic E-state index is 13.1. The Morgan fingerprint density at radius 1 is 1.12 bits per heavy atom. The Kier molecular flexibility index (Phi) is 5.71. The molecule has 5 nitrogen and oxygen atoms in total. The lowest BCUT2D eigenvalue weighted by molar-refractivity contribution is 0.0707. The minimum atomic E-state index is -0.243. The van der Waals surface area contributed by atoms with E-state index in [9.17, 15) is 9.90 Å². The first kappa shape index (κ1) is 18.2. The molecule has 1 N–H and O–H groups in total. The van der Waals surface area contributed by atoms with Crippen molar-refractivity contribution in [1.29, 1.82) is 0 Å². The van der Waals surface area contributed by atoms with Crippen LogP contribution in [0.25, 0.3) is 5.69 Å². The van der Waals surface area contributed by atoms with E-state index in [2.05, 4.69) is 5.10 Å². The van der Waals surface area contributed by atoms with E-state index in [0.717, 1.165) is 11.3 Å². The number of halogens is 1. The third-order valence-electron chi connectivity index (χ3n) is 4.09. The lowest BCUT2D eigenvalue weighted by atomic mass is 10.1. The lowest BCUT2D eigenvalue weighted by Gasteiger charge is -2.22. The molecule has 3 rings (SSSR count). The average molecular weight is 370 g/mol. The second kappa shape index (κ2) is 8.17. The van der Waals surface area contributed by atoms with Crippen LogP contribution < -0.4 is 0 Å². The Morgan fingerprint density at radius 2 is 1.73 bits per heavy atom. The van der Waals surface area contributed by atoms with E-state index in [1.807, 2.05) is 60.7 Å². The van der Waals surface area contributed by atoms with Gasteiger partial charge in [0.15, 0.2) is 0 Å². The minimum absolute atomic E-state index is 0.123. The average Bonchev–Trinajstić information content (AvgIpc) is 2.96. The third-order valence-corrected chi connectivity index (χ3v) is 4.44. The summed E-state index contributed by atoms with van der Waals surface area (Å²) in [6.07, 6.45) is 0. The second-order valence-electron chi connectivity index (χ2n) is 5.93. The van der Waals surface area contributed by atoms with Gasteiger partial charge < -0.3 is 10.0 Å². The Balaban J connectivity index is 1.93. The first-order valence-corrected chi connectivity index (χ1v) is 8.74. The topological polar surface area (TPSA) is 58.4 Å². The normalized spacial score (nSPS) is 10.7. The fraction of sp³-hybridized carbons (Fsp3) is 0.200. The van der Waals surface area contributed by atoms with Crippen molar-refractivity contribution in [2.45, 2.75) is 13.5 Å². The molecule has 134 valence electrons. The molecule has 0 bridgehead atoms. The van der Waals surface area contributed by atoms with Gasteiger partial charge in [0.1, 0.15) is 5.15 Å². The fourth-order valence-corrected chi connectivity index (χ4v) is 3.17. The summed E-state index contributed by atoms with van der Waals surface area (Å²) in [5, 5.41) is 14.1. The molecule has 0 atom stereocenters. The lowest BCUT2D eigenvalue weighted by Crippen LogP contribution is -2.33. The van der Waals surface area contributed by atoms with E-state index in [0.29, 0.717) is 17.8 Å². The molecular formula is C20H20ClN3O2. The maximum Gasteiger partial charge on any atom is 0.259 e. The Labute approximate surface area is 157 Å². The Hall–Kier alpha value is -2.63. The van der Waals surface area contributed by atoms with Crippen LogP contribution in [-0.2, 0) is 6.54 Å². The number of aromatic nitrogens is 2. The van der Waals surface area contributed by atoms with Crippen molar-refractivity contribution < 1.29 is 9.90 Å². The van der Waals surface area contributed by atoms with E-state index >= 15 is 0 Å². The molecular weight excluding hydrogens is 350 g/mol. The van der Waals surface area contributed by atoms with Gasteiger partial charge in [-0.15, -0.1) is 0 Å². The molecule has 0 fully saturated rings. The van der Waals surface area contributed by atoms with E-state index < -0.39 is 0 Å². The summed E-state index contributed by atoms with van der Waals surface area (Å²) in [6, 6.07) is 19.1. The zero-order chi connectivity index (χ0) is 18.5. The SMILES string of the molecule is Cc1nn(-c2ccccc2)c(Cl)c1C(=O)N(CCO)Cc1ccccc1. The van der Waals surface area contributed by atoms with Crippen LogP contribution in [0, 0.1) is 6.92 Å². The van der Waals surface area contributed by atoms with Crippen molar-refractivity contribution in [2.24, 2.45) is 0 Å². The monoisotopic (exact) mass is 369 g/mol. The number of nitrogens with zero attached hydrogens (tertiary/aromatic N) is 3. The summed E-state index contributed by atoms with van der Waals surface area (Å²) in [6.45, 7) is 2.26. The van der Waals surface area contributed by atoms with Crippen LogP contribution in [0.3, 0.4) is 0 Å². The van der Waals surface area contributed by atoms with Gasteiger partial charge in [-0.25, -0.2) is 4.68 Å². The van der Waals surface area contributed by atoms with Crippen LogP contribution in [0.15, 0.2) is 60.7 Å². The van der Waals surface area contributed by atoms with E-state index in [1.165, 1.54) is 0 Å². The highest BCUT2D eigenvalue weighted by Gasteiger charge is 2.25. The highest BCUT2D eigenvalue weighted by molar-refractivity contribution is 6.33. The van der Waals surface area contributed by atoms with Crippen molar-refractivity contribution in [1.82, 2.24) is 14.7 Å². The van der Waals surface area contributed by atoms with Gasteiger partial charge in [-0.1, -0.05) is 60.1 Å². The number of aliphatic hydroxyl groups is 1. The maximum absolute atomic E-state index is 13.1. The molecule has 3 aromatic rings. The number of aryl methyl sites for hydroxylation is 1. The summed E-state index contributed by atoms with van der Waals surface area (Å²) in [7, 11) is 0. The summed E-state index contributed by atoms with van der Waals surface area (Å²) >= 11 is 6.50. The number of rotatable bonds is 6. The summed E-state index contributed by atoms with van der Waals surface area (Å²) in [5.74, 6) is -0.243. The molecule has 0 unspecified atom stereocenters. The molecule has 0 aliphatic heterocycles. The van der Waals surface area contributed by atoms with Gasteiger partial charge in [0, 0.05) is 13.1 Å². The van der Waals surface area contributed by atoms with Crippen LogP contribution >= 0.6 is 11.6 Å². The molecule has 2 aromatic carbocycles. The van der Waals surface area contributed by atoms with Crippen LogP contribution in [-0.4, -0.2) is 38.8 Å². The van der Waals surface area contributed by atoms with Crippen LogP contribution in [0.4, 0.5) is 0 Å².